The van der Waals surface area contributed by atoms with E-state index in [0.29, 0.717) is 34.7 Å². The van der Waals surface area contributed by atoms with E-state index < -0.39 is 0 Å². The Morgan fingerprint density at radius 1 is 1.17 bits per heavy atom. The average molecular weight is 424 g/mol. The first-order valence-electron chi connectivity index (χ1n) is 9.67. The Hall–Kier alpha value is -3.19. The van der Waals surface area contributed by atoms with Crippen LogP contribution in [0.5, 0.6) is 0 Å². The number of nitrogens with one attached hydrogen (secondary N) is 2. The van der Waals surface area contributed by atoms with Crippen molar-refractivity contribution in [2.45, 2.75) is 39.0 Å². The van der Waals surface area contributed by atoms with Gasteiger partial charge in [0.25, 0.3) is 0 Å². The van der Waals surface area contributed by atoms with Gasteiger partial charge in [-0.3, -0.25) is 4.79 Å². The van der Waals surface area contributed by atoms with Crippen LogP contribution in [0.25, 0.3) is 22.4 Å². The van der Waals surface area contributed by atoms with Gasteiger partial charge in [0.2, 0.25) is 11.8 Å². The summed E-state index contributed by atoms with van der Waals surface area (Å²) in [5.74, 6) is 1.65. The Morgan fingerprint density at radius 3 is 2.70 bits per heavy atom. The van der Waals surface area contributed by atoms with E-state index >= 15 is 0 Å². The molecule has 0 unspecified atom stereocenters. The maximum absolute atomic E-state index is 12.4. The molecule has 0 atom stereocenters. The van der Waals surface area contributed by atoms with Gasteiger partial charge in [-0.05, 0) is 30.3 Å². The third kappa shape index (κ3) is 4.36. The lowest BCUT2D eigenvalue weighted by molar-refractivity contribution is -0.116. The summed E-state index contributed by atoms with van der Waals surface area (Å²) in [6.45, 7) is 6.03. The van der Waals surface area contributed by atoms with Crippen LogP contribution in [-0.4, -0.2) is 26.0 Å². The van der Waals surface area contributed by atoms with Crippen molar-refractivity contribution in [2.24, 2.45) is 0 Å². The van der Waals surface area contributed by atoms with E-state index in [-0.39, 0.29) is 17.7 Å². The van der Waals surface area contributed by atoms with E-state index in [2.05, 4.69) is 25.4 Å². The fourth-order valence-corrected chi connectivity index (χ4v) is 3.20. The van der Waals surface area contributed by atoms with Gasteiger partial charge in [-0.25, -0.2) is 4.98 Å². The molecule has 2 aromatic heterocycles. The second-order valence-corrected chi connectivity index (χ2v) is 8.51. The largest absolute Gasteiger partial charge is 0.339 e. The van der Waals surface area contributed by atoms with Gasteiger partial charge in [0.1, 0.15) is 5.82 Å². The van der Waals surface area contributed by atoms with Crippen LogP contribution in [0, 0.1) is 0 Å². The minimum absolute atomic E-state index is 0.129. The van der Waals surface area contributed by atoms with Gasteiger partial charge in [0, 0.05) is 29.5 Å². The Morgan fingerprint density at radius 2 is 1.97 bits per heavy atom. The number of nitrogens with zero attached hydrogens (tertiary/aromatic N) is 3. The Labute approximate surface area is 178 Å². The van der Waals surface area contributed by atoms with Crippen molar-refractivity contribution in [3.8, 4) is 11.4 Å². The van der Waals surface area contributed by atoms with E-state index in [1.54, 1.807) is 0 Å². The summed E-state index contributed by atoms with van der Waals surface area (Å²) in [5.41, 5.74) is 2.93. The number of imidazole rings is 1. The molecule has 0 saturated carbocycles. The lowest BCUT2D eigenvalue weighted by Crippen LogP contribution is -2.14. The molecule has 7 nitrogen and oxygen atoms in total. The standard InChI is InChI=1S/C22H22ClN5O2/c1-22(2,3)21-27-19(30-28-21)11-10-18(29)24-13-8-9-16-17(12-13)26-20(25-16)14-6-4-5-7-15(14)23/h4-9,12H,10-11H2,1-3H3,(H,24,29)(H,25,26). The fourth-order valence-electron chi connectivity index (χ4n) is 2.97. The molecule has 2 heterocycles. The highest BCUT2D eigenvalue weighted by molar-refractivity contribution is 6.33. The zero-order valence-corrected chi connectivity index (χ0v) is 17.7. The highest BCUT2D eigenvalue weighted by Crippen LogP contribution is 2.28. The molecule has 0 bridgehead atoms. The maximum Gasteiger partial charge on any atom is 0.227 e. The monoisotopic (exact) mass is 423 g/mol. The van der Waals surface area contributed by atoms with Crippen molar-refractivity contribution in [1.29, 1.82) is 0 Å². The smallest absolute Gasteiger partial charge is 0.227 e. The van der Waals surface area contributed by atoms with Gasteiger partial charge in [0.15, 0.2) is 5.82 Å². The highest BCUT2D eigenvalue weighted by Gasteiger charge is 2.21. The van der Waals surface area contributed by atoms with Crippen LogP contribution < -0.4 is 5.32 Å². The predicted octanol–water partition coefficient (Wildman–Crippen LogP) is 5.14. The van der Waals surface area contributed by atoms with Crippen molar-refractivity contribution in [3.63, 3.8) is 0 Å². The average Bonchev–Trinajstić information content (AvgIpc) is 3.33. The van der Waals surface area contributed by atoms with Crippen LogP contribution in [0.1, 0.15) is 38.9 Å². The lowest BCUT2D eigenvalue weighted by Gasteiger charge is -2.10. The molecule has 0 aliphatic rings. The van der Waals surface area contributed by atoms with Gasteiger partial charge in [-0.2, -0.15) is 4.98 Å². The number of aromatic amines is 1. The van der Waals surface area contributed by atoms with Crippen molar-refractivity contribution in [1.82, 2.24) is 20.1 Å². The number of hydrogen-bond donors (Lipinski definition) is 2. The molecule has 154 valence electrons. The van der Waals surface area contributed by atoms with Gasteiger partial charge in [0.05, 0.1) is 16.1 Å². The van der Waals surface area contributed by atoms with E-state index in [1.165, 1.54) is 0 Å². The summed E-state index contributed by atoms with van der Waals surface area (Å²) >= 11 is 6.26. The lowest BCUT2D eigenvalue weighted by atomic mass is 9.96. The number of carbonyl (C=O) groups is 1. The van der Waals surface area contributed by atoms with Gasteiger partial charge < -0.3 is 14.8 Å². The minimum Gasteiger partial charge on any atom is -0.339 e. The van der Waals surface area contributed by atoms with Gasteiger partial charge in [-0.15, -0.1) is 0 Å². The minimum atomic E-state index is -0.188. The summed E-state index contributed by atoms with van der Waals surface area (Å²) < 4.78 is 5.24. The topological polar surface area (TPSA) is 96.7 Å². The first-order chi connectivity index (χ1) is 14.3. The predicted molar refractivity (Wildman–Crippen MR) is 116 cm³/mol. The first-order valence-corrected chi connectivity index (χ1v) is 10.0. The summed E-state index contributed by atoms with van der Waals surface area (Å²) in [6.07, 6.45) is 0.634. The Bertz CT molecular complexity index is 1210. The fraction of sp³-hybridized carbons (Fsp3) is 0.273. The van der Waals surface area contributed by atoms with E-state index in [9.17, 15) is 4.79 Å². The number of fused-ring (bicyclic) bond motifs is 1. The maximum atomic E-state index is 12.4. The number of rotatable bonds is 5. The third-order valence-corrected chi connectivity index (χ3v) is 4.93. The molecule has 0 spiro atoms. The molecule has 4 aromatic rings. The quantitative estimate of drug-likeness (QED) is 0.463. The molecule has 4 rings (SSSR count). The molecule has 8 heteroatoms. The molecule has 30 heavy (non-hydrogen) atoms. The number of aromatic nitrogens is 4. The number of carbonyl (C=O) groups excluding carboxylic acids is 1. The molecule has 2 aromatic carbocycles. The van der Waals surface area contributed by atoms with E-state index in [1.807, 2.05) is 63.2 Å². The van der Waals surface area contributed by atoms with Crippen LogP contribution in [0.2, 0.25) is 5.02 Å². The first kappa shape index (κ1) is 20.1. The van der Waals surface area contributed by atoms with Crippen LogP contribution >= 0.6 is 11.6 Å². The summed E-state index contributed by atoms with van der Waals surface area (Å²) in [5, 5.41) is 7.50. The second-order valence-electron chi connectivity index (χ2n) is 8.11. The summed E-state index contributed by atoms with van der Waals surface area (Å²) in [6, 6.07) is 13.0. The number of hydrogen-bond acceptors (Lipinski definition) is 5. The SMILES string of the molecule is CC(C)(C)c1noc(CCC(=O)Nc2ccc3nc(-c4ccccc4Cl)[nH]c3c2)n1. The van der Waals surface area contributed by atoms with Crippen molar-refractivity contribution >= 4 is 34.2 Å². The molecule has 0 aliphatic carbocycles. The molecule has 2 N–H and O–H groups in total. The van der Waals surface area contributed by atoms with Crippen LogP contribution in [0.15, 0.2) is 47.0 Å². The second kappa shape index (κ2) is 7.91. The van der Waals surface area contributed by atoms with E-state index in [0.717, 1.165) is 16.6 Å². The number of anilines is 1. The van der Waals surface area contributed by atoms with E-state index in [4.69, 9.17) is 16.1 Å². The molecule has 0 fully saturated rings. The van der Waals surface area contributed by atoms with Crippen molar-refractivity contribution in [3.05, 3.63) is 59.2 Å². The van der Waals surface area contributed by atoms with Gasteiger partial charge in [-0.1, -0.05) is 49.7 Å². The van der Waals surface area contributed by atoms with Crippen LogP contribution in [0.4, 0.5) is 5.69 Å². The third-order valence-electron chi connectivity index (χ3n) is 4.60. The van der Waals surface area contributed by atoms with Crippen LogP contribution in [-0.2, 0) is 16.6 Å². The normalized spacial score (nSPS) is 11.7. The Kier molecular flexibility index (Phi) is 5.30. The highest BCUT2D eigenvalue weighted by atomic mass is 35.5. The Balaban J connectivity index is 1.43. The van der Waals surface area contributed by atoms with Crippen molar-refractivity contribution in [2.75, 3.05) is 5.32 Å². The summed E-state index contributed by atoms with van der Waals surface area (Å²) in [4.78, 5) is 24.6. The zero-order chi connectivity index (χ0) is 21.3. The molecule has 0 aliphatic heterocycles. The van der Waals surface area contributed by atoms with Gasteiger partial charge >= 0.3 is 0 Å². The molecular formula is C22H22ClN5O2. The molecule has 0 saturated heterocycles. The number of benzene rings is 2. The number of aryl methyl sites for hydroxylation is 1. The summed E-state index contributed by atoms with van der Waals surface area (Å²) in [7, 11) is 0. The van der Waals surface area contributed by atoms with Crippen molar-refractivity contribution < 1.29 is 9.32 Å². The zero-order valence-electron chi connectivity index (χ0n) is 17.0. The molecule has 1 amide bonds. The molecule has 0 radical (unpaired) electrons. The van der Waals surface area contributed by atoms with Crippen LogP contribution in [0.3, 0.4) is 0 Å². The number of amides is 1. The number of halogens is 1. The molecular weight excluding hydrogens is 402 g/mol. The number of H-pyrrole nitrogens is 1.